The number of aryl methyl sites for hydroxylation is 1. The summed E-state index contributed by atoms with van der Waals surface area (Å²) in [4.78, 5) is 12.6. The highest BCUT2D eigenvalue weighted by molar-refractivity contribution is 8.00. The normalized spacial score (nSPS) is 21.7. The van der Waals surface area contributed by atoms with E-state index in [9.17, 15) is 4.79 Å². The number of hydrogen-bond acceptors (Lipinski definition) is 5. The summed E-state index contributed by atoms with van der Waals surface area (Å²) < 4.78 is 1.68. The van der Waals surface area contributed by atoms with E-state index >= 15 is 0 Å². The van der Waals surface area contributed by atoms with Crippen LogP contribution in [0, 0.1) is 12.8 Å². The first-order valence-corrected chi connectivity index (χ1v) is 9.75. The van der Waals surface area contributed by atoms with Gasteiger partial charge in [0, 0.05) is 6.04 Å². The Kier molecular flexibility index (Phi) is 5.73. The van der Waals surface area contributed by atoms with Crippen LogP contribution >= 0.6 is 11.8 Å². The van der Waals surface area contributed by atoms with E-state index in [1.165, 1.54) is 36.6 Å². The molecule has 1 aliphatic rings. The highest BCUT2D eigenvalue weighted by Gasteiger charge is 2.26. The average Bonchev–Trinajstić information content (AvgIpc) is 3.05. The van der Waals surface area contributed by atoms with Crippen molar-refractivity contribution >= 4 is 17.7 Å². The lowest BCUT2D eigenvalue weighted by molar-refractivity contribution is -0.121. The SMILES string of the molecule is Cc1ccc(-n2nnnc2SC(C)C(=O)NC2CCCCC2C)cc1. The molecule has 3 rings (SSSR count). The summed E-state index contributed by atoms with van der Waals surface area (Å²) in [5, 5.41) is 15.5. The Labute approximate surface area is 152 Å². The van der Waals surface area contributed by atoms with Crippen molar-refractivity contribution in [1.82, 2.24) is 25.5 Å². The Hall–Kier alpha value is -1.89. The Morgan fingerprint density at radius 2 is 2.00 bits per heavy atom. The molecular formula is C18H25N5OS. The van der Waals surface area contributed by atoms with Crippen LogP contribution in [0.2, 0.25) is 0 Å². The predicted octanol–water partition coefficient (Wildman–Crippen LogP) is 3.15. The van der Waals surface area contributed by atoms with Crippen molar-refractivity contribution in [1.29, 1.82) is 0 Å². The minimum atomic E-state index is -0.246. The fourth-order valence-corrected chi connectivity index (χ4v) is 3.96. The van der Waals surface area contributed by atoms with Gasteiger partial charge in [-0.2, -0.15) is 4.68 Å². The van der Waals surface area contributed by atoms with Crippen molar-refractivity contribution in [3.05, 3.63) is 29.8 Å². The Morgan fingerprint density at radius 3 is 2.72 bits per heavy atom. The molecule has 6 nitrogen and oxygen atoms in total. The molecule has 7 heteroatoms. The highest BCUT2D eigenvalue weighted by Crippen LogP contribution is 2.26. The zero-order valence-electron chi connectivity index (χ0n) is 15.0. The largest absolute Gasteiger partial charge is 0.352 e. The maximum absolute atomic E-state index is 12.6. The van der Waals surface area contributed by atoms with Gasteiger partial charge in [-0.15, -0.1) is 5.10 Å². The molecule has 2 aromatic rings. The van der Waals surface area contributed by atoms with Crippen molar-refractivity contribution in [2.75, 3.05) is 0 Å². The lowest BCUT2D eigenvalue weighted by Gasteiger charge is -2.30. The van der Waals surface area contributed by atoms with Crippen LogP contribution in [0.1, 0.15) is 45.1 Å². The van der Waals surface area contributed by atoms with E-state index < -0.39 is 0 Å². The van der Waals surface area contributed by atoms with Crippen LogP contribution in [0.25, 0.3) is 5.69 Å². The number of carbonyl (C=O) groups is 1. The quantitative estimate of drug-likeness (QED) is 0.830. The van der Waals surface area contributed by atoms with Gasteiger partial charge in [0.1, 0.15) is 0 Å². The van der Waals surface area contributed by atoms with E-state index in [0.29, 0.717) is 11.1 Å². The monoisotopic (exact) mass is 359 g/mol. The number of benzene rings is 1. The van der Waals surface area contributed by atoms with E-state index in [0.717, 1.165) is 12.1 Å². The summed E-state index contributed by atoms with van der Waals surface area (Å²) >= 11 is 1.39. The summed E-state index contributed by atoms with van der Waals surface area (Å²) in [6, 6.07) is 8.28. The van der Waals surface area contributed by atoms with Gasteiger partial charge in [-0.05, 0) is 55.2 Å². The average molecular weight is 359 g/mol. The maximum Gasteiger partial charge on any atom is 0.233 e. The Morgan fingerprint density at radius 1 is 1.28 bits per heavy atom. The molecule has 1 heterocycles. The van der Waals surface area contributed by atoms with Crippen LogP contribution in [0.5, 0.6) is 0 Å². The maximum atomic E-state index is 12.6. The van der Waals surface area contributed by atoms with Gasteiger partial charge >= 0.3 is 0 Å². The summed E-state index contributed by atoms with van der Waals surface area (Å²) in [5.41, 5.74) is 2.08. The molecule has 1 aromatic carbocycles. The number of amides is 1. The second-order valence-corrected chi connectivity index (χ2v) is 8.15. The topological polar surface area (TPSA) is 72.7 Å². The number of hydrogen-bond donors (Lipinski definition) is 1. The van der Waals surface area contributed by atoms with Gasteiger partial charge in [0.05, 0.1) is 10.9 Å². The van der Waals surface area contributed by atoms with Crippen molar-refractivity contribution < 1.29 is 4.79 Å². The molecule has 1 aromatic heterocycles. The number of nitrogens with zero attached hydrogens (tertiary/aromatic N) is 4. The summed E-state index contributed by atoms with van der Waals surface area (Å²) in [7, 11) is 0. The number of rotatable bonds is 5. The lowest BCUT2D eigenvalue weighted by Crippen LogP contribution is -2.44. The molecule has 1 amide bonds. The van der Waals surface area contributed by atoms with Crippen LogP contribution < -0.4 is 5.32 Å². The third-order valence-corrected chi connectivity index (χ3v) is 5.84. The first kappa shape index (κ1) is 17.9. The van der Waals surface area contributed by atoms with E-state index in [-0.39, 0.29) is 17.2 Å². The van der Waals surface area contributed by atoms with Gasteiger partial charge in [-0.1, -0.05) is 49.2 Å². The fraction of sp³-hybridized carbons (Fsp3) is 0.556. The molecule has 0 bridgehead atoms. The van der Waals surface area contributed by atoms with Crippen LogP contribution in [0.3, 0.4) is 0 Å². The third kappa shape index (κ3) is 4.39. The van der Waals surface area contributed by atoms with Crippen LogP contribution in [0.15, 0.2) is 29.4 Å². The second kappa shape index (κ2) is 7.99. The predicted molar refractivity (Wildman–Crippen MR) is 98.8 cm³/mol. The molecule has 1 aliphatic carbocycles. The molecule has 134 valence electrons. The van der Waals surface area contributed by atoms with Crippen LogP contribution in [-0.4, -0.2) is 37.4 Å². The summed E-state index contributed by atoms with van der Waals surface area (Å²) in [6.45, 7) is 6.17. The van der Waals surface area contributed by atoms with Crippen molar-refractivity contribution in [2.45, 2.75) is 62.9 Å². The first-order valence-electron chi connectivity index (χ1n) is 8.87. The number of tetrazole rings is 1. The Bertz CT molecular complexity index is 715. The standard InChI is InChI=1S/C18H25N5OS/c1-12-8-10-15(11-9-12)23-18(20-21-22-23)25-14(3)17(24)19-16-7-5-4-6-13(16)2/h8-11,13-14,16H,4-7H2,1-3H3,(H,19,24). The highest BCUT2D eigenvalue weighted by atomic mass is 32.2. The molecule has 3 unspecified atom stereocenters. The molecule has 1 fully saturated rings. The smallest absolute Gasteiger partial charge is 0.233 e. The molecular weight excluding hydrogens is 334 g/mol. The van der Waals surface area contributed by atoms with E-state index in [4.69, 9.17) is 0 Å². The molecule has 0 saturated heterocycles. The van der Waals surface area contributed by atoms with Crippen LogP contribution in [-0.2, 0) is 4.79 Å². The molecule has 0 spiro atoms. The molecule has 3 atom stereocenters. The first-order chi connectivity index (χ1) is 12.0. The van der Waals surface area contributed by atoms with Gasteiger partial charge in [-0.25, -0.2) is 0 Å². The minimum absolute atomic E-state index is 0.0576. The van der Waals surface area contributed by atoms with Gasteiger partial charge in [0.15, 0.2) is 0 Å². The fourth-order valence-electron chi connectivity index (χ4n) is 3.14. The minimum Gasteiger partial charge on any atom is -0.352 e. The van der Waals surface area contributed by atoms with Crippen molar-refractivity contribution in [2.24, 2.45) is 5.92 Å². The third-order valence-electron chi connectivity index (χ3n) is 4.81. The van der Waals surface area contributed by atoms with Gasteiger partial charge in [0.25, 0.3) is 0 Å². The van der Waals surface area contributed by atoms with Crippen molar-refractivity contribution in [3.8, 4) is 5.69 Å². The molecule has 1 saturated carbocycles. The zero-order chi connectivity index (χ0) is 17.8. The van der Waals surface area contributed by atoms with E-state index in [1.54, 1.807) is 4.68 Å². The number of carbonyl (C=O) groups excluding carboxylic acids is 1. The number of thioether (sulfide) groups is 1. The zero-order valence-corrected chi connectivity index (χ0v) is 15.8. The van der Waals surface area contributed by atoms with Gasteiger partial charge in [-0.3, -0.25) is 4.79 Å². The Balaban J connectivity index is 1.65. The lowest BCUT2D eigenvalue weighted by atomic mass is 9.86. The van der Waals surface area contributed by atoms with Gasteiger partial charge in [0.2, 0.25) is 11.1 Å². The van der Waals surface area contributed by atoms with Gasteiger partial charge < -0.3 is 5.32 Å². The summed E-state index contributed by atoms with van der Waals surface area (Å²) in [5.74, 6) is 0.606. The number of nitrogens with one attached hydrogen (secondary N) is 1. The number of aromatic nitrogens is 4. The summed E-state index contributed by atoms with van der Waals surface area (Å²) in [6.07, 6.45) is 4.73. The van der Waals surface area contributed by atoms with E-state index in [1.807, 2.05) is 38.1 Å². The van der Waals surface area contributed by atoms with Crippen molar-refractivity contribution in [3.63, 3.8) is 0 Å². The van der Waals surface area contributed by atoms with Crippen LogP contribution in [0.4, 0.5) is 0 Å². The molecule has 25 heavy (non-hydrogen) atoms. The molecule has 0 aliphatic heterocycles. The molecule has 0 radical (unpaired) electrons. The molecule has 1 N–H and O–H groups in total. The van der Waals surface area contributed by atoms with E-state index in [2.05, 4.69) is 27.8 Å². The second-order valence-electron chi connectivity index (χ2n) is 6.85.